The van der Waals surface area contributed by atoms with Crippen LogP contribution in [0, 0.1) is 5.82 Å². The maximum absolute atomic E-state index is 13.4. The van der Waals surface area contributed by atoms with Gasteiger partial charge >= 0.3 is 0 Å². The Morgan fingerprint density at radius 2 is 2.10 bits per heavy atom. The number of aromatic nitrogens is 2. The number of amides is 2. The van der Waals surface area contributed by atoms with Crippen LogP contribution in [0.5, 0.6) is 0 Å². The number of nitrogens with one attached hydrogen (secondary N) is 2. The number of halogens is 3. The standard InChI is InChI=1S/C16H17F3N6O4S/c1-7(21-12(27)5-11(20)26)6-30-16-13(24-29-25-16)15(23-28)22-8-2-3-10(17)9(4-8)14(18)19/h2-4,7,14,28H,5-6H2,1H3,(H2,20,26)(H,21,27)(H,22,23). The lowest BCUT2D eigenvalue weighted by Gasteiger charge is -2.12. The minimum atomic E-state index is -3.04. The van der Waals surface area contributed by atoms with Crippen LogP contribution in [-0.2, 0) is 9.59 Å². The molecule has 1 heterocycles. The smallest absolute Gasteiger partial charge is 0.266 e. The van der Waals surface area contributed by atoms with Crippen molar-refractivity contribution in [3.63, 3.8) is 0 Å². The number of primary amides is 1. The summed E-state index contributed by atoms with van der Waals surface area (Å²) in [6, 6.07) is 2.39. The topological polar surface area (TPSA) is 156 Å². The molecule has 10 nitrogen and oxygen atoms in total. The van der Waals surface area contributed by atoms with Gasteiger partial charge < -0.3 is 11.1 Å². The van der Waals surface area contributed by atoms with Gasteiger partial charge in [0.2, 0.25) is 11.8 Å². The molecule has 0 saturated carbocycles. The summed E-state index contributed by atoms with van der Waals surface area (Å²) in [6.45, 7) is 1.67. The summed E-state index contributed by atoms with van der Waals surface area (Å²) >= 11 is 1.08. The van der Waals surface area contributed by atoms with E-state index in [0.29, 0.717) is 0 Å². The van der Waals surface area contributed by atoms with Crippen LogP contribution in [0.1, 0.15) is 31.0 Å². The fourth-order valence-corrected chi connectivity index (χ4v) is 3.03. The van der Waals surface area contributed by atoms with E-state index in [0.717, 1.165) is 30.0 Å². The maximum Gasteiger partial charge on any atom is 0.266 e. The van der Waals surface area contributed by atoms with Crippen molar-refractivity contribution in [2.45, 2.75) is 30.8 Å². The van der Waals surface area contributed by atoms with Gasteiger partial charge in [-0.25, -0.2) is 22.8 Å². The third-order valence-corrected chi connectivity index (χ3v) is 4.66. The Bertz CT molecular complexity index is 939. The highest BCUT2D eigenvalue weighted by molar-refractivity contribution is 7.99. The Labute approximate surface area is 172 Å². The van der Waals surface area contributed by atoms with E-state index in [9.17, 15) is 28.0 Å². The van der Waals surface area contributed by atoms with Crippen molar-refractivity contribution in [3.05, 3.63) is 35.3 Å². The molecule has 14 heteroatoms. The van der Waals surface area contributed by atoms with E-state index in [2.05, 4.69) is 25.3 Å². The second-order valence-corrected chi connectivity index (χ2v) is 6.93. The van der Waals surface area contributed by atoms with Gasteiger partial charge in [0.1, 0.15) is 12.2 Å². The number of carbonyl (C=O) groups is 2. The van der Waals surface area contributed by atoms with Gasteiger partial charge in [-0.15, -0.1) is 0 Å². The summed E-state index contributed by atoms with van der Waals surface area (Å²) in [5.41, 5.74) is 5.75. The highest BCUT2D eigenvalue weighted by Crippen LogP contribution is 2.27. The van der Waals surface area contributed by atoms with Crippen molar-refractivity contribution in [1.29, 1.82) is 0 Å². The Morgan fingerprint density at radius 3 is 2.73 bits per heavy atom. The van der Waals surface area contributed by atoms with Crippen molar-refractivity contribution >= 4 is 35.1 Å². The van der Waals surface area contributed by atoms with Gasteiger partial charge in [0.05, 0.1) is 11.3 Å². The number of aliphatic imine (C=N–C) groups is 1. The van der Waals surface area contributed by atoms with E-state index in [1.807, 2.05) is 0 Å². The highest BCUT2D eigenvalue weighted by Gasteiger charge is 2.20. The molecule has 0 aliphatic heterocycles. The molecule has 2 amide bonds. The van der Waals surface area contributed by atoms with E-state index in [4.69, 9.17) is 5.73 Å². The lowest BCUT2D eigenvalue weighted by atomic mass is 10.2. The molecule has 2 rings (SSSR count). The maximum atomic E-state index is 13.4. The van der Waals surface area contributed by atoms with Crippen LogP contribution in [0.15, 0.2) is 32.8 Å². The zero-order chi connectivity index (χ0) is 22.3. The van der Waals surface area contributed by atoms with Crippen molar-refractivity contribution in [2.75, 3.05) is 5.75 Å². The van der Waals surface area contributed by atoms with Gasteiger partial charge in [-0.3, -0.25) is 20.3 Å². The molecule has 0 aliphatic carbocycles. The number of alkyl halides is 2. The van der Waals surface area contributed by atoms with Crippen LogP contribution in [0.4, 0.5) is 18.9 Å². The normalized spacial score (nSPS) is 12.7. The molecule has 1 atom stereocenters. The number of amidine groups is 1. The van der Waals surface area contributed by atoms with Crippen molar-refractivity contribution in [3.8, 4) is 0 Å². The molecular formula is C16H17F3N6O4S. The third-order valence-electron chi connectivity index (χ3n) is 3.46. The lowest BCUT2D eigenvalue weighted by Crippen LogP contribution is -2.36. The summed E-state index contributed by atoms with van der Waals surface area (Å²) in [4.78, 5) is 26.2. The number of nitrogens with zero attached hydrogens (tertiary/aromatic N) is 3. The minimum Gasteiger partial charge on any atom is -0.369 e. The zero-order valence-corrected chi connectivity index (χ0v) is 16.3. The van der Waals surface area contributed by atoms with Crippen LogP contribution in [-0.4, -0.2) is 45.0 Å². The van der Waals surface area contributed by atoms with Gasteiger partial charge in [-0.05, 0) is 35.4 Å². The molecule has 162 valence electrons. The zero-order valence-electron chi connectivity index (χ0n) is 15.4. The molecule has 0 bridgehead atoms. The predicted octanol–water partition coefficient (Wildman–Crippen LogP) is 1.68. The fraction of sp³-hybridized carbons (Fsp3) is 0.312. The summed E-state index contributed by atoms with van der Waals surface area (Å²) in [6.07, 6.45) is -3.49. The number of hydroxylamine groups is 1. The first-order chi connectivity index (χ1) is 14.2. The van der Waals surface area contributed by atoms with Gasteiger partial charge in [-0.1, -0.05) is 11.8 Å². The molecule has 0 fully saturated rings. The second-order valence-electron chi connectivity index (χ2n) is 5.92. The lowest BCUT2D eigenvalue weighted by molar-refractivity contribution is -0.127. The highest BCUT2D eigenvalue weighted by atomic mass is 32.2. The fourth-order valence-electron chi connectivity index (χ4n) is 2.18. The first-order valence-electron chi connectivity index (χ1n) is 8.31. The van der Waals surface area contributed by atoms with E-state index >= 15 is 0 Å². The van der Waals surface area contributed by atoms with E-state index in [1.54, 1.807) is 12.4 Å². The second kappa shape index (κ2) is 10.6. The van der Waals surface area contributed by atoms with Gasteiger partial charge in [0.25, 0.3) is 6.43 Å². The van der Waals surface area contributed by atoms with Gasteiger partial charge in [0.15, 0.2) is 16.6 Å². The average Bonchev–Trinajstić information content (AvgIpc) is 3.13. The predicted molar refractivity (Wildman–Crippen MR) is 98.9 cm³/mol. The molecule has 2 aromatic rings. The van der Waals surface area contributed by atoms with E-state index < -0.39 is 36.0 Å². The summed E-state index contributed by atoms with van der Waals surface area (Å²) in [5, 5.41) is 19.4. The van der Waals surface area contributed by atoms with Crippen LogP contribution in [0.3, 0.4) is 0 Å². The molecular weight excluding hydrogens is 429 g/mol. The molecule has 30 heavy (non-hydrogen) atoms. The number of benzene rings is 1. The Hall–Kier alpha value is -3.13. The number of rotatable bonds is 9. The molecule has 1 aromatic carbocycles. The van der Waals surface area contributed by atoms with Crippen molar-refractivity contribution < 1.29 is 32.6 Å². The molecule has 0 saturated heterocycles. The summed E-state index contributed by atoms with van der Waals surface area (Å²) in [5.74, 6) is -2.40. The largest absolute Gasteiger partial charge is 0.369 e. The molecule has 0 radical (unpaired) electrons. The molecule has 0 spiro atoms. The summed E-state index contributed by atoms with van der Waals surface area (Å²) < 4.78 is 43.8. The quantitative estimate of drug-likeness (QED) is 0.149. The average molecular weight is 446 g/mol. The number of thioether (sulfide) groups is 1. The molecule has 0 aliphatic rings. The van der Waals surface area contributed by atoms with Crippen LogP contribution in [0.2, 0.25) is 0 Å². The van der Waals surface area contributed by atoms with Crippen LogP contribution < -0.4 is 16.5 Å². The number of nitrogens with two attached hydrogens (primary N) is 1. The molecule has 5 N–H and O–H groups in total. The van der Waals surface area contributed by atoms with Crippen LogP contribution in [0.25, 0.3) is 0 Å². The van der Waals surface area contributed by atoms with Gasteiger partial charge in [-0.2, -0.15) is 0 Å². The van der Waals surface area contributed by atoms with E-state index in [-0.39, 0.29) is 34.0 Å². The van der Waals surface area contributed by atoms with Crippen molar-refractivity contribution in [2.24, 2.45) is 10.7 Å². The Morgan fingerprint density at radius 1 is 1.37 bits per heavy atom. The monoisotopic (exact) mass is 446 g/mol. The summed E-state index contributed by atoms with van der Waals surface area (Å²) in [7, 11) is 0. The molecule has 1 unspecified atom stereocenters. The number of hydrogen-bond acceptors (Lipinski definition) is 8. The first kappa shape index (κ1) is 23.2. The minimum absolute atomic E-state index is 0.0407. The van der Waals surface area contributed by atoms with Crippen molar-refractivity contribution in [1.82, 2.24) is 21.1 Å². The molecule has 1 aromatic heterocycles. The third kappa shape index (κ3) is 6.45. The van der Waals surface area contributed by atoms with E-state index in [1.165, 1.54) is 0 Å². The Kier molecular flexibility index (Phi) is 8.17. The number of carbonyl (C=O) groups excluding carboxylic acids is 2. The first-order valence-corrected chi connectivity index (χ1v) is 9.29. The number of hydrogen-bond donors (Lipinski definition) is 4. The van der Waals surface area contributed by atoms with Crippen LogP contribution >= 0.6 is 11.8 Å². The van der Waals surface area contributed by atoms with Gasteiger partial charge in [0, 0.05) is 11.8 Å². The SMILES string of the molecule is CC(CSc1nonc1C(=Nc1ccc(F)c(C(F)F)c1)NO)NC(=O)CC(N)=O. The Balaban J connectivity index is 2.13.